The Morgan fingerprint density at radius 1 is 1.53 bits per heavy atom. The van der Waals surface area contributed by atoms with Crippen LogP contribution in [0.2, 0.25) is 0 Å². The van der Waals surface area contributed by atoms with Gasteiger partial charge in [0.1, 0.15) is 12.1 Å². The molecule has 0 aliphatic heterocycles. The van der Waals surface area contributed by atoms with E-state index in [0.29, 0.717) is 0 Å². The molecule has 0 aliphatic rings. The van der Waals surface area contributed by atoms with Crippen LogP contribution >= 0.6 is 0 Å². The number of ether oxygens (including phenoxy) is 2. The molecule has 0 fully saturated rings. The van der Waals surface area contributed by atoms with Crippen LogP contribution in [0.15, 0.2) is 18.2 Å². The largest absolute Gasteiger partial charge is 0.488 e. The third kappa shape index (κ3) is 3.42. The Bertz CT molecular complexity index is 418. The van der Waals surface area contributed by atoms with Crippen LogP contribution in [-0.4, -0.2) is 25.2 Å². The summed E-state index contributed by atoms with van der Waals surface area (Å²) in [5.41, 5.74) is 5.24. The fourth-order valence-corrected chi connectivity index (χ4v) is 1.24. The number of hydrogen-bond donors (Lipinski definition) is 1. The molecule has 5 heteroatoms. The minimum Gasteiger partial charge on any atom is -0.488 e. The molecule has 0 spiro atoms. The molecule has 0 radical (unpaired) electrons. The van der Waals surface area contributed by atoms with Crippen molar-refractivity contribution < 1.29 is 18.7 Å². The summed E-state index contributed by atoms with van der Waals surface area (Å²) in [6, 6.07) is 4.48. The van der Waals surface area contributed by atoms with Gasteiger partial charge in [0.15, 0.2) is 11.6 Å². The normalized spacial score (nSPS) is 13.9. The highest BCUT2D eigenvalue weighted by molar-refractivity contribution is 5.80. The summed E-state index contributed by atoms with van der Waals surface area (Å²) in [4.78, 5) is 11.3. The topological polar surface area (TPSA) is 61.5 Å². The van der Waals surface area contributed by atoms with Gasteiger partial charge in [-0.3, -0.25) is 0 Å². The molecular weight excluding hydrogens is 225 g/mol. The van der Waals surface area contributed by atoms with Gasteiger partial charge in [-0.2, -0.15) is 0 Å². The van der Waals surface area contributed by atoms with E-state index in [4.69, 9.17) is 10.5 Å². The Labute approximate surface area is 99.5 Å². The van der Waals surface area contributed by atoms with Crippen LogP contribution in [0.3, 0.4) is 0 Å². The van der Waals surface area contributed by atoms with E-state index in [9.17, 15) is 9.18 Å². The molecule has 0 saturated carbocycles. The lowest BCUT2D eigenvalue weighted by Gasteiger charge is -2.21. The van der Waals surface area contributed by atoms with Crippen LogP contribution < -0.4 is 10.5 Å². The second kappa shape index (κ2) is 5.14. The van der Waals surface area contributed by atoms with E-state index < -0.39 is 17.3 Å². The molecule has 0 bridgehead atoms. The highest BCUT2D eigenvalue weighted by Crippen LogP contribution is 2.19. The molecule has 94 valence electrons. The van der Waals surface area contributed by atoms with Crippen LogP contribution in [0.1, 0.15) is 12.5 Å². The number of hydrogen-bond acceptors (Lipinski definition) is 4. The van der Waals surface area contributed by atoms with Crippen molar-refractivity contribution in [2.75, 3.05) is 13.7 Å². The van der Waals surface area contributed by atoms with Crippen LogP contribution in [0.5, 0.6) is 5.75 Å². The molecule has 1 aromatic rings. The lowest BCUT2D eigenvalue weighted by molar-refractivity contribution is -0.147. The van der Waals surface area contributed by atoms with Gasteiger partial charge < -0.3 is 15.2 Å². The number of methoxy groups -OCH3 is 1. The Balaban J connectivity index is 2.73. The van der Waals surface area contributed by atoms with E-state index in [1.165, 1.54) is 20.1 Å². The second-order valence-electron chi connectivity index (χ2n) is 4.13. The lowest BCUT2D eigenvalue weighted by Crippen LogP contribution is -2.50. The zero-order valence-corrected chi connectivity index (χ0v) is 10.1. The van der Waals surface area contributed by atoms with E-state index in [1.807, 2.05) is 6.92 Å². The predicted molar refractivity (Wildman–Crippen MR) is 61.2 cm³/mol. The van der Waals surface area contributed by atoms with E-state index in [1.54, 1.807) is 12.1 Å². The van der Waals surface area contributed by atoms with E-state index in [2.05, 4.69) is 4.74 Å². The summed E-state index contributed by atoms with van der Waals surface area (Å²) >= 11 is 0. The zero-order valence-electron chi connectivity index (χ0n) is 10.1. The molecule has 1 unspecified atom stereocenters. The Hall–Kier alpha value is -1.62. The summed E-state index contributed by atoms with van der Waals surface area (Å²) in [5, 5.41) is 0. The van der Waals surface area contributed by atoms with Gasteiger partial charge in [-0.1, -0.05) is 6.07 Å². The van der Waals surface area contributed by atoms with Crippen molar-refractivity contribution in [2.24, 2.45) is 5.73 Å². The van der Waals surface area contributed by atoms with Crippen molar-refractivity contribution in [3.05, 3.63) is 29.6 Å². The molecule has 2 N–H and O–H groups in total. The molecule has 0 heterocycles. The number of aryl methyl sites for hydroxylation is 1. The van der Waals surface area contributed by atoms with Gasteiger partial charge in [0, 0.05) is 0 Å². The van der Waals surface area contributed by atoms with Crippen LogP contribution in [0.25, 0.3) is 0 Å². The molecule has 1 atom stereocenters. The van der Waals surface area contributed by atoms with Gasteiger partial charge in [0.2, 0.25) is 0 Å². The number of rotatable bonds is 4. The molecule has 1 aromatic carbocycles. The number of esters is 1. The standard InChI is InChI=1S/C12H16FNO3/c1-8-4-5-9(13)10(6-8)17-7-12(2,14)11(15)16-3/h4-6H,7,14H2,1-3H3. The molecule has 1 rings (SSSR count). The average Bonchev–Trinajstić information content (AvgIpc) is 2.29. The van der Waals surface area contributed by atoms with Gasteiger partial charge in [0.25, 0.3) is 0 Å². The third-order valence-corrected chi connectivity index (χ3v) is 2.27. The maximum atomic E-state index is 13.3. The zero-order chi connectivity index (χ0) is 13.1. The highest BCUT2D eigenvalue weighted by Gasteiger charge is 2.30. The van der Waals surface area contributed by atoms with E-state index in [0.717, 1.165) is 5.56 Å². The quantitative estimate of drug-likeness (QED) is 0.809. The number of nitrogens with two attached hydrogens (primary N) is 1. The van der Waals surface area contributed by atoms with Crippen LogP contribution in [0.4, 0.5) is 4.39 Å². The highest BCUT2D eigenvalue weighted by atomic mass is 19.1. The smallest absolute Gasteiger partial charge is 0.329 e. The Kier molecular flexibility index (Phi) is 4.07. The molecule has 0 amide bonds. The summed E-state index contributed by atoms with van der Waals surface area (Å²) in [5.74, 6) is -1.02. The van der Waals surface area contributed by atoms with E-state index in [-0.39, 0.29) is 12.4 Å². The number of halogens is 1. The summed E-state index contributed by atoms with van der Waals surface area (Å²) in [6.45, 7) is 3.13. The first-order valence-corrected chi connectivity index (χ1v) is 5.13. The van der Waals surface area contributed by atoms with Gasteiger partial charge in [-0.05, 0) is 31.5 Å². The SMILES string of the molecule is COC(=O)C(C)(N)COc1cc(C)ccc1F. The first-order valence-electron chi connectivity index (χ1n) is 5.13. The first-order chi connectivity index (χ1) is 7.86. The monoisotopic (exact) mass is 241 g/mol. The van der Waals surface area contributed by atoms with Gasteiger partial charge in [0.05, 0.1) is 7.11 Å². The number of benzene rings is 1. The van der Waals surface area contributed by atoms with Crippen molar-refractivity contribution in [3.8, 4) is 5.75 Å². The first kappa shape index (κ1) is 13.4. The third-order valence-electron chi connectivity index (χ3n) is 2.27. The van der Waals surface area contributed by atoms with Gasteiger partial charge >= 0.3 is 5.97 Å². The van der Waals surface area contributed by atoms with Crippen molar-refractivity contribution in [1.29, 1.82) is 0 Å². The van der Waals surface area contributed by atoms with Gasteiger partial charge in [-0.25, -0.2) is 9.18 Å². The fraction of sp³-hybridized carbons (Fsp3) is 0.417. The molecular formula is C12H16FNO3. The van der Waals surface area contributed by atoms with Gasteiger partial charge in [-0.15, -0.1) is 0 Å². The average molecular weight is 241 g/mol. The van der Waals surface area contributed by atoms with Crippen molar-refractivity contribution in [2.45, 2.75) is 19.4 Å². The van der Waals surface area contributed by atoms with Crippen LogP contribution in [-0.2, 0) is 9.53 Å². The summed E-state index contributed by atoms with van der Waals surface area (Å²) in [7, 11) is 1.24. The van der Waals surface area contributed by atoms with Crippen molar-refractivity contribution in [1.82, 2.24) is 0 Å². The summed E-state index contributed by atoms with van der Waals surface area (Å²) in [6.07, 6.45) is 0. The minimum absolute atomic E-state index is 0.0746. The Morgan fingerprint density at radius 3 is 2.76 bits per heavy atom. The molecule has 0 aromatic heterocycles. The predicted octanol–water partition coefficient (Wildman–Crippen LogP) is 1.40. The number of carbonyl (C=O) groups is 1. The minimum atomic E-state index is -1.30. The number of carbonyl (C=O) groups excluding carboxylic acids is 1. The molecule has 4 nitrogen and oxygen atoms in total. The maximum Gasteiger partial charge on any atom is 0.329 e. The fourth-order valence-electron chi connectivity index (χ4n) is 1.24. The molecule has 0 saturated heterocycles. The lowest BCUT2D eigenvalue weighted by atomic mass is 10.1. The second-order valence-corrected chi connectivity index (χ2v) is 4.13. The van der Waals surface area contributed by atoms with E-state index >= 15 is 0 Å². The van der Waals surface area contributed by atoms with Crippen molar-refractivity contribution >= 4 is 5.97 Å². The Morgan fingerprint density at radius 2 is 2.18 bits per heavy atom. The summed E-state index contributed by atoms with van der Waals surface area (Å²) < 4.78 is 23.1. The maximum absolute atomic E-state index is 13.3. The molecule has 0 aliphatic carbocycles. The van der Waals surface area contributed by atoms with Crippen LogP contribution in [0, 0.1) is 12.7 Å². The molecule has 17 heavy (non-hydrogen) atoms. The van der Waals surface area contributed by atoms with Crippen molar-refractivity contribution in [3.63, 3.8) is 0 Å².